The van der Waals surface area contributed by atoms with E-state index in [-0.39, 0.29) is 11.7 Å². The molecule has 1 unspecified atom stereocenters. The molecule has 1 atom stereocenters. The Labute approximate surface area is 113 Å². The van der Waals surface area contributed by atoms with Crippen molar-refractivity contribution in [1.82, 2.24) is 4.98 Å². The molecular weight excluding hydrogens is 234 g/mol. The zero-order chi connectivity index (χ0) is 13.5. The van der Waals surface area contributed by atoms with Crippen molar-refractivity contribution in [2.24, 2.45) is 0 Å². The zero-order valence-electron chi connectivity index (χ0n) is 10.8. The third kappa shape index (κ3) is 3.62. The van der Waals surface area contributed by atoms with Crippen LogP contribution in [0.5, 0.6) is 0 Å². The second kappa shape index (κ2) is 6.64. The van der Waals surface area contributed by atoms with Crippen molar-refractivity contribution >= 4 is 5.78 Å². The maximum absolute atomic E-state index is 12.2. The van der Waals surface area contributed by atoms with Gasteiger partial charge in [-0.05, 0) is 24.0 Å². The Morgan fingerprint density at radius 3 is 2.63 bits per heavy atom. The van der Waals surface area contributed by atoms with Gasteiger partial charge in [0.2, 0.25) is 0 Å². The molecule has 0 aliphatic heterocycles. The number of pyridine rings is 1. The van der Waals surface area contributed by atoms with Crippen molar-refractivity contribution in [3.8, 4) is 0 Å². The van der Waals surface area contributed by atoms with Crippen molar-refractivity contribution in [2.45, 2.75) is 18.8 Å². The van der Waals surface area contributed by atoms with Crippen LogP contribution in [0.1, 0.15) is 34.7 Å². The summed E-state index contributed by atoms with van der Waals surface area (Å²) in [6.07, 6.45) is 6.70. The fraction of sp³-hybridized carbons (Fsp3) is 0.176. The Morgan fingerprint density at radius 2 is 2.00 bits per heavy atom. The van der Waals surface area contributed by atoms with Gasteiger partial charge >= 0.3 is 0 Å². The lowest BCUT2D eigenvalue weighted by Crippen LogP contribution is -2.07. The first-order valence-electron chi connectivity index (χ1n) is 6.40. The van der Waals surface area contributed by atoms with Gasteiger partial charge in [-0.3, -0.25) is 9.78 Å². The molecule has 2 rings (SSSR count). The van der Waals surface area contributed by atoms with E-state index in [1.54, 1.807) is 6.20 Å². The molecular formula is C17H17NO. The normalized spacial score (nSPS) is 11.8. The number of carbonyl (C=O) groups excluding carboxylic acids is 1. The summed E-state index contributed by atoms with van der Waals surface area (Å²) in [6, 6.07) is 13.3. The first-order valence-corrected chi connectivity index (χ1v) is 6.40. The number of Topliss-reactive ketones (excluding diaryl/α,β-unsaturated/α-hetero) is 1. The molecule has 0 saturated carbocycles. The van der Waals surface area contributed by atoms with Crippen LogP contribution in [0.2, 0.25) is 0 Å². The topological polar surface area (TPSA) is 30.0 Å². The first kappa shape index (κ1) is 13.2. The fourth-order valence-corrected chi connectivity index (χ4v) is 2.12. The lowest BCUT2D eigenvalue weighted by Gasteiger charge is -2.14. The number of nitrogens with zero attached hydrogens (tertiary/aromatic N) is 1. The van der Waals surface area contributed by atoms with Gasteiger partial charge in [0.15, 0.2) is 5.78 Å². The zero-order valence-corrected chi connectivity index (χ0v) is 10.8. The molecule has 0 N–H and O–H groups in total. The number of rotatable bonds is 6. The number of aromatic nitrogens is 1. The molecule has 96 valence electrons. The Bertz CT molecular complexity index is 534. The molecule has 1 aromatic carbocycles. The molecule has 2 heteroatoms. The van der Waals surface area contributed by atoms with E-state index in [1.807, 2.05) is 54.7 Å². The number of ketones is 1. The van der Waals surface area contributed by atoms with Crippen LogP contribution >= 0.6 is 0 Å². The van der Waals surface area contributed by atoms with E-state index in [4.69, 9.17) is 0 Å². The van der Waals surface area contributed by atoms with Gasteiger partial charge in [-0.15, -0.1) is 6.58 Å². The number of benzene rings is 1. The van der Waals surface area contributed by atoms with Crippen LogP contribution in [0.3, 0.4) is 0 Å². The second-order valence-corrected chi connectivity index (χ2v) is 4.50. The second-order valence-electron chi connectivity index (χ2n) is 4.50. The number of allylic oxidation sites excluding steroid dienone is 1. The van der Waals surface area contributed by atoms with Crippen molar-refractivity contribution in [3.05, 3.63) is 78.6 Å². The van der Waals surface area contributed by atoms with E-state index < -0.39 is 0 Å². The SMILES string of the molecule is C=CCC(CC(=O)c1ccccc1)c1cccnc1. The summed E-state index contributed by atoms with van der Waals surface area (Å²) < 4.78 is 0. The highest BCUT2D eigenvalue weighted by Crippen LogP contribution is 2.24. The van der Waals surface area contributed by atoms with E-state index in [9.17, 15) is 4.79 Å². The summed E-state index contributed by atoms with van der Waals surface area (Å²) in [4.78, 5) is 16.4. The molecule has 19 heavy (non-hydrogen) atoms. The van der Waals surface area contributed by atoms with Crippen LogP contribution in [0.15, 0.2) is 67.5 Å². The monoisotopic (exact) mass is 251 g/mol. The van der Waals surface area contributed by atoms with Crippen molar-refractivity contribution in [1.29, 1.82) is 0 Å². The van der Waals surface area contributed by atoms with Gasteiger partial charge in [0.1, 0.15) is 0 Å². The van der Waals surface area contributed by atoms with Crippen LogP contribution in [0, 0.1) is 0 Å². The predicted octanol–water partition coefficient (Wildman–Crippen LogP) is 4.01. The minimum absolute atomic E-state index is 0.152. The lowest BCUT2D eigenvalue weighted by atomic mass is 9.90. The Morgan fingerprint density at radius 1 is 1.21 bits per heavy atom. The highest BCUT2D eigenvalue weighted by molar-refractivity contribution is 5.96. The van der Waals surface area contributed by atoms with Gasteiger partial charge in [0.25, 0.3) is 0 Å². The van der Waals surface area contributed by atoms with Crippen LogP contribution in [-0.2, 0) is 0 Å². The maximum Gasteiger partial charge on any atom is 0.163 e. The summed E-state index contributed by atoms with van der Waals surface area (Å²) in [6.45, 7) is 3.77. The molecule has 0 aliphatic carbocycles. The number of hydrogen-bond donors (Lipinski definition) is 0. The summed E-state index contributed by atoms with van der Waals surface area (Å²) in [5.41, 5.74) is 1.85. The Kier molecular flexibility index (Phi) is 4.62. The van der Waals surface area contributed by atoms with E-state index in [2.05, 4.69) is 11.6 Å². The van der Waals surface area contributed by atoms with E-state index in [0.717, 1.165) is 17.5 Å². The molecule has 1 heterocycles. The molecule has 2 nitrogen and oxygen atoms in total. The summed E-state index contributed by atoms with van der Waals surface area (Å²) in [5, 5.41) is 0. The van der Waals surface area contributed by atoms with Gasteiger partial charge in [-0.25, -0.2) is 0 Å². The molecule has 0 spiro atoms. The minimum Gasteiger partial charge on any atom is -0.294 e. The maximum atomic E-state index is 12.2. The average Bonchev–Trinajstić information content (AvgIpc) is 2.48. The van der Waals surface area contributed by atoms with Crippen LogP contribution in [0.4, 0.5) is 0 Å². The number of carbonyl (C=O) groups is 1. The lowest BCUT2D eigenvalue weighted by molar-refractivity contribution is 0.0973. The molecule has 2 aromatic rings. The summed E-state index contributed by atoms with van der Waals surface area (Å²) in [7, 11) is 0. The van der Waals surface area contributed by atoms with Crippen LogP contribution in [0.25, 0.3) is 0 Å². The van der Waals surface area contributed by atoms with Gasteiger partial charge in [0, 0.05) is 24.4 Å². The third-order valence-electron chi connectivity index (χ3n) is 3.13. The molecule has 0 amide bonds. The minimum atomic E-state index is 0.152. The fourth-order valence-electron chi connectivity index (χ4n) is 2.12. The van der Waals surface area contributed by atoms with Crippen molar-refractivity contribution < 1.29 is 4.79 Å². The summed E-state index contributed by atoms with van der Waals surface area (Å²) >= 11 is 0. The highest BCUT2D eigenvalue weighted by atomic mass is 16.1. The van der Waals surface area contributed by atoms with Crippen molar-refractivity contribution in [2.75, 3.05) is 0 Å². The van der Waals surface area contributed by atoms with Crippen molar-refractivity contribution in [3.63, 3.8) is 0 Å². The third-order valence-corrected chi connectivity index (χ3v) is 3.13. The van der Waals surface area contributed by atoms with Gasteiger partial charge in [-0.2, -0.15) is 0 Å². The van der Waals surface area contributed by atoms with Gasteiger partial charge in [0.05, 0.1) is 0 Å². The summed E-state index contributed by atoms with van der Waals surface area (Å²) in [5.74, 6) is 0.315. The molecule has 0 saturated heterocycles. The molecule has 0 fully saturated rings. The Hall–Kier alpha value is -2.22. The van der Waals surface area contributed by atoms with E-state index in [1.165, 1.54) is 0 Å². The van der Waals surface area contributed by atoms with Crippen LogP contribution in [-0.4, -0.2) is 10.8 Å². The quantitative estimate of drug-likeness (QED) is 0.573. The van der Waals surface area contributed by atoms with E-state index in [0.29, 0.717) is 6.42 Å². The van der Waals surface area contributed by atoms with E-state index >= 15 is 0 Å². The largest absolute Gasteiger partial charge is 0.294 e. The molecule has 1 aromatic heterocycles. The molecule has 0 bridgehead atoms. The Balaban J connectivity index is 2.14. The molecule has 0 aliphatic rings. The van der Waals surface area contributed by atoms with Crippen LogP contribution < -0.4 is 0 Å². The molecule has 0 radical (unpaired) electrons. The standard InChI is InChI=1S/C17H17NO/c1-2-7-15(16-10-6-11-18-13-16)12-17(19)14-8-4-3-5-9-14/h2-6,8-11,13,15H,1,7,12H2. The number of hydrogen-bond acceptors (Lipinski definition) is 2. The predicted molar refractivity (Wildman–Crippen MR) is 77.2 cm³/mol. The van der Waals surface area contributed by atoms with Gasteiger partial charge in [-0.1, -0.05) is 42.5 Å². The first-order chi connectivity index (χ1) is 9.31. The highest BCUT2D eigenvalue weighted by Gasteiger charge is 2.16. The smallest absolute Gasteiger partial charge is 0.163 e. The average molecular weight is 251 g/mol. The van der Waals surface area contributed by atoms with Gasteiger partial charge < -0.3 is 0 Å².